The van der Waals surface area contributed by atoms with E-state index in [1.807, 2.05) is 12.1 Å². The normalized spacial score (nSPS) is 12.9. The highest BCUT2D eigenvalue weighted by Gasteiger charge is 2.06. The second kappa shape index (κ2) is 7.91. The molecule has 0 aliphatic rings. The number of rotatable bonds is 8. The molecular formula is C13H22BrNO. The number of nitrogens with one attached hydrogen (secondary N) is 1. The monoisotopic (exact) mass is 287 g/mol. The number of hydrogen-bond donors (Lipinski definition) is 1. The van der Waals surface area contributed by atoms with Crippen LogP contribution in [-0.2, 0) is 6.54 Å². The van der Waals surface area contributed by atoms with E-state index in [1.165, 1.54) is 25.7 Å². The van der Waals surface area contributed by atoms with Crippen molar-refractivity contribution in [3.63, 3.8) is 0 Å². The van der Waals surface area contributed by atoms with Gasteiger partial charge in [-0.25, -0.2) is 0 Å². The van der Waals surface area contributed by atoms with Gasteiger partial charge in [-0.2, -0.15) is 0 Å². The van der Waals surface area contributed by atoms with Crippen LogP contribution in [0.25, 0.3) is 0 Å². The van der Waals surface area contributed by atoms with Crippen molar-refractivity contribution in [3.8, 4) is 0 Å². The van der Waals surface area contributed by atoms with E-state index >= 15 is 0 Å². The van der Waals surface area contributed by atoms with Gasteiger partial charge in [-0.3, -0.25) is 0 Å². The first kappa shape index (κ1) is 13.8. The van der Waals surface area contributed by atoms with Gasteiger partial charge in [-0.15, -0.1) is 0 Å². The first-order valence-corrected chi connectivity index (χ1v) is 7.00. The molecule has 0 aliphatic carbocycles. The summed E-state index contributed by atoms with van der Waals surface area (Å²) in [6, 6.07) is 3.94. The molecule has 0 aliphatic heterocycles. The predicted octanol–water partition coefficient (Wildman–Crippen LogP) is 4.35. The summed E-state index contributed by atoms with van der Waals surface area (Å²) in [4.78, 5) is 0. The van der Waals surface area contributed by atoms with Crippen LogP contribution in [0.15, 0.2) is 21.2 Å². The van der Waals surface area contributed by atoms with Crippen molar-refractivity contribution in [2.24, 2.45) is 5.92 Å². The van der Waals surface area contributed by atoms with Crippen LogP contribution in [0.5, 0.6) is 0 Å². The largest absolute Gasteiger partial charge is 0.453 e. The smallest absolute Gasteiger partial charge is 0.169 e. The highest BCUT2D eigenvalue weighted by Crippen LogP contribution is 2.14. The standard InChI is InChI=1S/C13H22BrNO/c1-3-5-6-11(4-2)9-15-10-12-7-8-13(14)16-12/h7-8,11,15H,3-6,9-10H2,1-2H3. The van der Waals surface area contributed by atoms with Crippen LogP contribution < -0.4 is 5.32 Å². The molecule has 0 bridgehead atoms. The van der Waals surface area contributed by atoms with E-state index in [4.69, 9.17) is 4.42 Å². The molecular weight excluding hydrogens is 266 g/mol. The summed E-state index contributed by atoms with van der Waals surface area (Å²) in [5, 5.41) is 3.46. The van der Waals surface area contributed by atoms with Crippen LogP contribution in [-0.4, -0.2) is 6.54 Å². The topological polar surface area (TPSA) is 25.2 Å². The third kappa shape index (κ3) is 5.17. The molecule has 2 nitrogen and oxygen atoms in total. The lowest BCUT2D eigenvalue weighted by Crippen LogP contribution is -2.21. The van der Waals surface area contributed by atoms with Gasteiger partial charge in [-0.1, -0.05) is 33.1 Å². The van der Waals surface area contributed by atoms with Gasteiger partial charge in [0.2, 0.25) is 0 Å². The first-order chi connectivity index (χ1) is 7.76. The fourth-order valence-electron chi connectivity index (χ4n) is 1.79. The lowest BCUT2D eigenvalue weighted by atomic mass is 9.99. The Bertz CT molecular complexity index is 285. The molecule has 1 N–H and O–H groups in total. The van der Waals surface area contributed by atoms with E-state index in [2.05, 4.69) is 35.1 Å². The molecule has 0 saturated carbocycles. The molecule has 3 heteroatoms. The van der Waals surface area contributed by atoms with Crippen molar-refractivity contribution in [3.05, 3.63) is 22.6 Å². The summed E-state index contributed by atoms with van der Waals surface area (Å²) in [5.41, 5.74) is 0. The maximum atomic E-state index is 5.43. The van der Waals surface area contributed by atoms with E-state index in [0.717, 1.165) is 29.4 Å². The van der Waals surface area contributed by atoms with Gasteiger partial charge in [0.1, 0.15) is 5.76 Å². The molecule has 0 saturated heterocycles. The summed E-state index contributed by atoms with van der Waals surface area (Å²) in [7, 11) is 0. The Labute approximate surface area is 107 Å². The molecule has 1 atom stereocenters. The van der Waals surface area contributed by atoms with Crippen LogP contribution in [0.1, 0.15) is 45.3 Å². The zero-order chi connectivity index (χ0) is 11.8. The average Bonchev–Trinajstić information content (AvgIpc) is 2.69. The molecule has 0 aromatic carbocycles. The van der Waals surface area contributed by atoms with Crippen molar-refractivity contribution >= 4 is 15.9 Å². The molecule has 0 amide bonds. The minimum Gasteiger partial charge on any atom is -0.453 e. The third-order valence-corrected chi connectivity index (χ3v) is 3.33. The second-order valence-electron chi connectivity index (χ2n) is 4.25. The molecule has 16 heavy (non-hydrogen) atoms. The number of halogens is 1. The van der Waals surface area contributed by atoms with Crippen molar-refractivity contribution in [1.29, 1.82) is 0 Å². The van der Waals surface area contributed by atoms with Gasteiger partial charge in [0.05, 0.1) is 6.54 Å². The molecule has 1 rings (SSSR count). The summed E-state index contributed by atoms with van der Waals surface area (Å²) >= 11 is 3.31. The van der Waals surface area contributed by atoms with Crippen LogP contribution >= 0.6 is 15.9 Å². The Kier molecular flexibility index (Phi) is 6.81. The quantitative estimate of drug-likeness (QED) is 0.769. The van der Waals surface area contributed by atoms with Crippen LogP contribution in [0, 0.1) is 5.92 Å². The van der Waals surface area contributed by atoms with Crippen LogP contribution in [0.4, 0.5) is 0 Å². The van der Waals surface area contributed by atoms with E-state index in [0.29, 0.717) is 0 Å². The Hall–Kier alpha value is -0.280. The molecule has 1 heterocycles. The molecule has 1 aromatic rings. The van der Waals surface area contributed by atoms with E-state index in [-0.39, 0.29) is 0 Å². The maximum absolute atomic E-state index is 5.43. The second-order valence-corrected chi connectivity index (χ2v) is 5.03. The number of unbranched alkanes of at least 4 members (excludes halogenated alkanes) is 1. The minimum absolute atomic E-state index is 0.804. The Morgan fingerprint density at radius 2 is 2.19 bits per heavy atom. The van der Waals surface area contributed by atoms with E-state index < -0.39 is 0 Å². The van der Waals surface area contributed by atoms with Crippen LogP contribution in [0.3, 0.4) is 0 Å². The lowest BCUT2D eigenvalue weighted by molar-refractivity contribution is 0.399. The van der Waals surface area contributed by atoms with Gasteiger partial charge >= 0.3 is 0 Å². The highest BCUT2D eigenvalue weighted by atomic mass is 79.9. The van der Waals surface area contributed by atoms with Crippen molar-refractivity contribution < 1.29 is 4.42 Å². The summed E-state index contributed by atoms with van der Waals surface area (Å²) in [5.74, 6) is 1.80. The molecule has 92 valence electrons. The van der Waals surface area contributed by atoms with Gasteiger partial charge in [0.15, 0.2) is 4.67 Å². The average molecular weight is 288 g/mol. The zero-order valence-corrected chi connectivity index (χ0v) is 11.8. The number of furan rings is 1. The van der Waals surface area contributed by atoms with Crippen molar-refractivity contribution in [2.75, 3.05) is 6.54 Å². The van der Waals surface area contributed by atoms with Crippen molar-refractivity contribution in [1.82, 2.24) is 5.32 Å². The summed E-state index contributed by atoms with van der Waals surface area (Å²) < 4.78 is 6.24. The van der Waals surface area contributed by atoms with Gasteiger partial charge in [0, 0.05) is 0 Å². The van der Waals surface area contributed by atoms with Crippen molar-refractivity contribution in [2.45, 2.75) is 46.1 Å². The van der Waals surface area contributed by atoms with Crippen LogP contribution in [0.2, 0.25) is 0 Å². The molecule has 1 aromatic heterocycles. The van der Waals surface area contributed by atoms with Gasteiger partial charge in [-0.05, 0) is 46.9 Å². The zero-order valence-electron chi connectivity index (χ0n) is 10.3. The summed E-state index contributed by atoms with van der Waals surface area (Å²) in [6.07, 6.45) is 5.23. The Morgan fingerprint density at radius 1 is 1.38 bits per heavy atom. The molecule has 0 radical (unpaired) electrons. The fourth-order valence-corrected chi connectivity index (χ4v) is 2.13. The third-order valence-electron chi connectivity index (χ3n) is 2.90. The first-order valence-electron chi connectivity index (χ1n) is 6.21. The highest BCUT2D eigenvalue weighted by molar-refractivity contribution is 9.10. The summed E-state index contributed by atoms with van der Waals surface area (Å²) in [6.45, 7) is 6.44. The number of hydrogen-bond acceptors (Lipinski definition) is 2. The van der Waals surface area contributed by atoms with E-state index in [1.54, 1.807) is 0 Å². The predicted molar refractivity (Wildman–Crippen MR) is 71.4 cm³/mol. The van der Waals surface area contributed by atoms with Gasteiger partial charge in [0.25, 0.3) is 0 Å². The molecule has 0 fully saturated rings. The SMILES string of the molecule is CCCCC(CC)CNCc1ccc(Br)o1. The minimum atomic E-state index is 0.804. The fraction of sp³-hybridized carbons (Fsp3) is 0.692. The Balaban J connectivity index is 2.17. The lowest BCUT2D eigenvalue weighted by Gasteiger charge is -2.14. The van der Waals surface area contributed by atoms with E-state index in [9.17, 15) is 0 Å². The maximum Gasteiger partial charge on any atom is 0.169 e. The van der Waals surface area contributed by atoms with Gasteiger partial charge < -0.3 is 9.73 Å². The Morgan fingerprint density at radius 3 is 2.75 bits per heavy atom. The molecule has 0 spiro atoms. The molecule has 1 unspecified atom stereocenters.